The van der Waals surface area contributed by atoms with Gasteiger partial charge in [0.1, 0.15) is 0 Å². The number of hydrogen-bond donors (Lipinski definition) is 0. The fourth-order valence-corrected chi connectivity index (χ4v) is 8.23. The molecule has 0 saturated heterocycles. The number of fused-ring (bicyclic) bond motifs is 6. The summed E-state index contributed by atoms with van der Waals surface area (Å²) in [7, 11) is 0. The minimum Gasteiger partial charge on any atom is -0.307 e. The maximum Gasteiger partial charge on any atom is 0.194 e. The van der Waals surface area contributed by atoms with Crippen molar-refractivity contribution in [2.45, 2.75) is 0 Å². The Balaban J connectivity index is 1.28. The maximum atomic E-state index is 9.92. The summed E-state index contributed by atoms with van der Waals surface area (Å²) in [6.45, 7) is 7.80. The number of nitriles is 2. The van der Waals surface area contributed by atoms with Crippen molar-refractivity contribution in [3.05, 3.63) is 193 Å². The molecule has 258 valence electrons. The first-order valence-electron chi connectivity index (χ1n) is 18.2. The van der Waals surface area contributed by atoms with Gasteiger partial charge in [-0.2, -0.15) is 10.5 Å². The third kappa shape index (κ3) is 4.97. The average Bonchev–Trinajstić information content (AvgIpc) is 3.78. The van der Waals surface area contributed by atoms with Crippen LogP contribution in [0, 0.1) is 29.2 Å². The van der Waals surface area contributed by atoms with Crippen molar-refractivity contribution in [1.82, 2.24) is 14.1 Å². The van der Waals surface area contributed by atoms with E-state index in [4.69, 9.17) is 11.6 Å². The van der Waals surface area contributed by atoms with Crippen LogP contribution in [-0.4, -0.2) is 14.1 Å². The fraction of sp³-hybridized carbons (Fsp3) is 0. The lowest BCUT2D eigenvalue weighted by Gasteiger charge is -2.19. The Labute approximate surface area is 322 Å². The number of hydrogen-bond acceptors (Lipinski definition) is 3. The average molecular weight is 713 g/mol. The molecule has 56 heavy (non-hydrogen) atoms. The minimum absolute atomic E-state index is 0.581. The van der Waals surface area contributed by atoms with Gasteiger partial charge in [0.15, 0.2) is 5.69 Å². The van der Waals surface area contributed by atoms with Gasteiger partial charge in [0.05, 0.1) is 75.7 Å². The molecule has 10 aromatic rings. The van der Waals surface area contributed by atoms with Crippen molar-refractivity contribution in [2.24, 2.45) is 0 Å². The molecule has 0 aliphatic rings. The molecule has 3 heterocycles. The molecule has 0 saturated carbocycles. The van der Waals surface area contributed by atoms with Crippen LogP contribution in [0.25, 0.3) is 93.2 Å². The second kappa shape index (κ2) is 13.0. The Bertz CT molecular complexity index is 3150. The molecule has 0 N–H and O–H groups in total. The predicted molar refractivity (Wildman–Crippen MR) is 225 cm³/mol. The summed E-state index contributed by atoms with van der Waals surface area (Å²) in [5.74, 6) is 0. The fourth-order valence-electron chi connectivity index (χ4n) is 8.23. The molecule has 6 nitrogen and oxygen atoms in total. The molecular weight excluding hydrogens is 685 g/mol. The predicted octanol–water partition coefficient (Wildman–Crippen LogP) is 12.6. The summed E-state index contributed by atoms with van der Waals surface area (Å²) in [6, 6.07) is 57.4. The Morgan fingerprint density at radius 1 is 0.482 bits per heavy atom. The standard InChI is InChI=1S/C50H28N6/c1-53-43-15-7-4-12-38(43)35-23-25-47-42(27-35)40-14-6-9-17-45(40)56(47)49-31-54-30-48(50(49)33-20-18-32(28-51)19-21-33)55-44-16-8-5-13-39(44)41-26-34(22-24-46(41)55)37-11-3-2-10-36(37)29-52/h2-27,30-31H. The van der Waals surface area contributed by atoms with Crippen molar-refractivity contribution in [3.63, 3.8) is 0 Å². The first-order valence-corrected chi connectivity index (χ1v) is 18.2. The summed E-state index contributed by atoms with van der Waals surface area (Å²) < 4.78 is 4.56. The normalized spacial score (nSPS) is 11.2. The molecule has 0 bridgehead atoms. The van der Waals surface area contributed by atoms with Crippen molar-refractivity contribution in [3.8, 4) is 56.9 Å². The molecule has 0 fully saturated rings. The Kier molecular flexibility index (Phi) is 7.53. The van der Waals surface area contributed by atoms with Crippen LogP contribution in [0.3, 0.4) is 0 Å². The van der Waals surface area contributed by atoms with Gasteiger partial charge in [-0.25, -0.2) is 4.85 Å². The van der Waals surface area contributed by atoms with E-state index in [1.165, 1.54) is 0 Å². The second-order valence-corrected chi connectivity index (χ2v) is 13.7. The molecule has 3 aromatic heterocycles. The van der Waals surface area contributed by atoms with Gasteiger partial charge in [0.25, 0.3) is 0 Å². The molecule has 0 amide bonds. The Hall–Kier alpha value is -8.24. The van der Waals surface area contributed by atoms with Crippen molar-refractivity contribution in [2.75, 3.05) is 0 Å². The van der Waals surface area contributed by atoms with Crippen molar-refractivity contribution in [1.29, 1.82) is 10.5 Å². The molecule has 0 atom stereocenters. The number of nitrogens with zero attached hydrogens (tertiary/aromatic N) is 6. The van der Waals surface area contributed by atoms with E-state index < -0.39 is 0 Å². The summed E-state index contributed by atoms with van der Waals surface area (Å²) in [6.07, 6.45) is 3.85. The van der Waals surface area contributed by atoms with Crippen LogP contribution in [0.4, 0.5) is 5.69 Å². The lowest BCUT2D eigenvalue weighted by Crippen LogP contribution is -2.05. The SMILES string of the molecule is [C-]#[N+]c1ccccc1-c1ccc2c(c1)c1ccccc1n2-c1cncc(-n2c3ccccc3c3cc(-c4ccccc4C#N)ccc32)c1-c1ccc(C#N)cc1. The molecular formula is C50H28N6. The van der Waals surface area contributed by atoms with E-state index >= 15 is 0 Å². The largest absolute Gasteiger partial charge is 0.307 e. The lowest BCUT2D eigenvalue weighted by molar-refractivity contribution is 1.09. The van der Waals surface area contributed by atoms with Crippen LogP contribution in [0.15, 0.2) is 170 Å². The van der Waals surface area contributed by atoms with E-state index in [0.29, 0.717) is 16.8 Å². The zero-order valence-electron chi connectivity index (χ0n) is 29.8. The van der Waals surface area contributed by atoms with Crippen LogP contribution >= 0.6 is 0 Å². The molecule has 0 aliphatic heterocycles. The lowest BCUT2D eigenvalue weighted by atomic mass is 9.98. The van der Waals surface area contributed by atoms with Gasteiger partial charge in [0.2, 0.25) is 0 Å². The van der Waals surface area contributed by atoms with Gasteiger partial charge >= 0.3 is 0 Å². The molecule has 0 unspecified atom stereocenters. The molecule has 0 aliphatic carbocycles. The number of rotatable bonds is 5. The first-order chi connectivity index (χ1) is 27.7. The topological polar surface area (TPSA) is 74.7 Å². The smallest absolute Gasteiger partial charge is 0.194 e. The van der Waals surface area contributed by atoms with Crippen LogP contribution in [-0.2, 0) is 0 Å². The maximum absolute atomic E-state index is 9.92. The zero-order chi connectivity index (χ0) is 37.8. The summed E-state index contributed by atoms with van der Waals surface area (Å²) in [5.41, 5.74) is 13.3. The third-order valence-electron chi connectivity index (χ3n) is 10.7. The molecule has 0 spiro atoms. The Morgan fingerprint density at radius 3 is 1.57 bits per heavy atom. The highest BCUT2D eigenvalue weighted by molar-refractivity contribution is 6.13. The third-order valence-corrected chi connectivity index (χ3v) is 10.7. The van der Waals surface area contributed by atoms with Gasteiger partial charge in [-0.1, -0.05) is 103 Å². The quantitative estimate of drug-likeness (QED) is 0.167. The van der Waals surface area contributed by atoms with E-state index in [2.05, 4.69) is 111 Å². The van der Waals surface area contributed by atoms with Gasteiger partial charge in [0, 0.05) is 27.1 Å². The van der Waals surface area contributed by atoms with Gasteiger partial charge in [-0.3, -0.25) is 4.98 Å². The van der Waals surface area contributed by atoms with Crippen molar-refractivity contribution >= 4 is 49.3 Å². The number of pyridine rings is 1. The molecule has 0 radical (unpaired) electrons. The van der Waals surface area contributed by atoms with Crippen LogP contribution < -0.4 is 0 Å². The highest BCUT2D eigenvalue weighted by Crippen LogP contribution is 2.43. The van der Waals surface area contributed by atoms with E-state index in [1.54, 1.807) is 0 Å². The monoisotopic (exact) mass is 712 g/mol. The summed E-state index contributed by atoms with van der Waals surface area (Å²) in [5, 5.41) is 24.0. The number of aromatic nitrogens is 3. The highest BCUT2D eigenvalue weighted by Gasteiger charge is 2.23. The van der Waals surface area contributed by atoms with E-state index in [-0.39, 0.29) is 0 Å². The molecule has 10 rings (SSSR count). The van der Waals surface area contributed by atoms with Crippen LogP contribution in [0.1, 0.15) is 11.1 Å². The summed E-state index contributed by atoms with van der Waals surface area (Å²) >= 11 is 0. The highest BCUT2D eigenvalue weighted by atomic mass is 15.0. The first kappa shape index (κ1) is 32.4. The molecule has 6 heteroatoms. The van der Waals surface area contributed by atoms with Crippen LogP contribution in [0.5, 0.6) is 0 Å². The molecule has 7 aromatic carbocycles. The van der Waals surface area contributed by atoms with Gasteiger partial charge < -0.3 is 9.13 Å². The van der Waals surface area contributed by atoms with E-state index in [1.807, 2.05) is 85.2 Å². The van der Waals surface area contributed by atoms with E-state index in [0.717, 1.165) is 88.4 Å². The number of benzene rings is 7. The summed E-state index contributed by atoms with van der Waals surface area (Å²) in [4.78, 5) is 8.76. The van der Waals surface area contributed by atoms with Crippen LogP contribution in [0.2, 0.25) is 0 Å². The van der Waals surface area contributed by atoms with Crippen molar-refractivity contribution < 1.29 is 0 Å². The second-order valence-electron chi connectivity index (χ2n) is 13.7. The Morgan fingerprint density at radius 2 is 0.982 bits per heavy atom. The van der Waals surface area contributed by atoms with Gasteiger partial charge in [-0.05, 0) is 82.4 Å². The zero-order valence-corrected chi connectivity index (χ0v) is 29.8. The van der Waals surface area contributed by atoms with E-state index in [9.17, 15) is 10.5 Å². The minimum atomic E-state index is 0.581. The van der Waals surface area contributed by atoms with Gasteiger partial charge in [-0.15, -0.1) is 0 Å². The number of para-hydroxylation sites is 3.